The van der Waals surface area contributed by atoms with Crippen molar-refractivity contribution in [1.29, 1.82) is 0 Å². The summed E-state index contributed by atoms with van der Waals surface area (Å²) in [7, 11) is 1.67. The lowest BCUT2D eigenvalue weighted by Crippen LogP contribution is -2.71. The maximum atomic E-state index is 14.4. The fourth-order valence-electron chi connectivity index (χ4n) is 2.02. The average Bonchev–Trinajstić information content (AvgIpc) is 2.58. The van der Waals surface area contributed by atoms with E-state index in [1.807, 2.05) is 0 Å². The number of hydrogen-bond acceptors (Lipinski definition) is 2. The van der Waals surface area contributed by atoms with Crippen LogP contribution in [0, 0.1) is 0 Å². The third-order valence-corrected chi connectivity index (χ3v) is 3.58. The van der Waals surface area contributed by atoms with Crippen LogP contribution in [-0.4, -0.2) is 60.6 Å². The lowest BCUT2D eigenvalue weighted by molar-refractivity contribution is -0.434. The van der Waals surface area contributed by atoms with E-state index < -0.39 is 47.1 Å². The van der Waals surface area contributed by atoms with Crippen molar-refractivity contribution in [2.24, 2.45) is 5.10 Å². The Bertz CT molecular complexity index is 766. The van der Waals surface area contributed by atoms with Crippen LogP contribution < -0.4 is 0 Å². The van der Waals surface area contributed by atoms with E-state index in [2.05, 4.69) is 5.10 Å². The van der Waals surface area contributed by atoms with Crippen LogP contribution in [0.3, 0.4) is 0 Å². The molecule has 0 N–H and O–H groups in total. The van der Waals surface area contributed by atoms with Crippen molar-refractivity contribution in [1.82, 2.24) is 5.01 Å². The van der Waals surface area contributed by atoms with E-state index in [0.29, 0.717) is 17.1 Å². The van der Waals surface area contributed by atoms with Crippen LogP contribution in [0.1, 0.15) is 5.56 Å². The molecule has 0 unspecified atom stereocenters. The molecule has 0 aromatic heterocycles. The molecule has 0 bridgehead atoms. The van der Waals surface area contributed by atoms with E-state index in [1.54, 1.807) is 0 Å². The Balaban J connectivity index is 3.73. The monoisotopic (exact) mass is 466 g/mol. The first-order valence-electron chi connectivity index (χ1n) is 7.44. The Morgan fingerprint density at radius 3 is 1.40 bits per heavy atom. The molecule has 2 nitrogen and oxygen atoms in total. The van der Waals surface area contributed by atoms with E-state index in [1.165, 1.54) is 0 Å². The molecule has 1 rings (SSSR count). The summed E-state index contributed by atoms with van der Waals surface area (Å²) in [4.78, 5) is 0. The molecule has 0 atom stereocenters. The van der Waals surface area contributed by atoms with Crippen LogP contribution in [0.2, 0.25) is 0 Å². The molecule has 0 spiro atoms. The standard InChI is InChI=1S/C15H11F13N2/c1-30(2)29-9(8-6-4-3-5-7-8)10(16,17)11(18,19)12(20,21)13(22,23)14(24,25)15(26,27)28/h3-7H,1-2H3/b29-9-. The van der Waals surface area contributed by atoms with Crippen LogP contribution in [0.25, 0.3) is 0 Å². The topological polar surface area (TPSA) is 15.6 Å². The predicted octanol–water partition coefficient (Wildman–Crippen LogP) is 5.69. The summed E-state index contributed by atoms with van der Waals surface area (Å²) >= 11 is 0. The lowest BCUT2D eigenvalue weighted by Gasteiger charge is -2.40. The molecule has 0 radical (unpaired) electrons. The highest BCUT2D eigenvalue weighted by Gasteiger charge is 2.91. The highest BCUT2D eigenvalue weighted by Crippen LogP contribution is 2.60. The van der Waals surface area contributed by atoms with Gasteiger partial charge in [0.15, 0.2) is 0 Å². The molecular weight excluding hydrogens is 455 g/mol. The van der Waals surface area contributed by atoms with Crippen molar-refractivity contribution in [3.63, 3.8) is 0 Å². The van der Waals surface area contributed by atoms with Gasteiger partial charge in [0, 0.05) is 19.7 Å². The van der Waals surface area contributed by atoms with E-state index in [4.69, 9.17) is 0 Å². The minimum atomic E-state index is -7.95. The summed E-state index contributed by atoms with van der Waals surface area (Å²) in [6.07, 6.45) is -7.45. The average molecular weight is 466 g/mol. The molecule has 0 heterocycles. The normalized spacial score (nSPS) is 15.4. The highest BCUT2D eigenvalue weighted by atomic mass is 19.4. The minimum Gasteiger partial charge on any atom is -0.303 e. The second kappa shape index (κ2) is 7.48. The lowest BCUT2D eigenvalue weighted by atomic mass is 9.90. The molecule has 0 aliphatic rings. The maximum absolute atomic E-state index is 14.4. The zero-order chi connectivity index (χ0) is 24.0. The fourth-order valence-corrected chi connectivity index (χ4v) is 2.02. The summed E-state index contributed by atoms with van der Waals surface area (Å²) in [6.45, 7) is 0. The number of hydrazone groups is 1. The number of rotatable bonds is 7. The van der Waals surface area contributed by atoms with Crippen molar-refractivity contribution >= 4 is 5.71 Å². The number of nitrogens with zero attached hydrogens (tertiary/aromatic N) is 2. The van der Waals surface area contributed by atoms with Crippen LogP contribution in [0.4, 0.5) is 57.1 Å². The van der Waals surface area contributed by atoms with Crippen molar-refractivity contribution in [2.45, 2.75) is 35.8 Å². The van der Waals surface area contributed by atoms with Gasteiger partial charge in [0.1, 0.15) is 5.71 Å². The number of hydrogen-bond donors (Lipinski definition) is 0. The van der Waals surface area contributed by atoms with Gasteiger partial charge in [-0.3, -0.25) is 0 Å². The third kappa shape index (κ3) is 3.77. The van der Waals surface area contributed by atoms with Crippen LogP contribution in [0.5, 0.6) is 0 Å². The Morgan fingerprint density at radius 2 is 1.03 bits per heavy atom. The van der Waals surface area contributed by atoms with Crippen LogP contribution in [0.15, 0.2) is 35.4 Å². The zero-order valence-corrected chi connectivity index (χ0v) is 14.7. The minimum absolute atomic E-state index is 0.368. The first-order chi connectivity index (χ1) is 13.2. The van der Waals surface area contributed by atoms with Crippen molar-refractivity contribution < 1.29 is 57.1 Å². The number of alkyl halides is 13. The molecule has 1 aromatic carbocycles. The van der Waals surface area contributed by atoms with Gasteiger partial charge in [-0.2, -0.15) is 62.2 Å². The second-order valence-corrected chi connectivity index (χ2v) is 6.03. The molecule has 0 amide bonds. The zero-order valence-electron chi connectivity index (χ0n) is 14.7. The first-order valence-corrected chi connectivity index (χ1v) is 7.44. The highest BCUT2D eigenvalue weighted by molar-refractivity contribution is 6.06. The molecule has 0 fully saturated rings. The van der Waals surface area contributed by atoms with Gasteiger partial charge >= 0.3 is 35.8 Å². The molecular formula is C15H11F13N2. The Hall–Kier alpha value is -2.22. The molecule has 0 saturated heterocycles. The van der Waals surface area contributed by atoms with E-state index in [9.17, 15) is 57.1 Å². The van der Waals surface area contributed by atoms with Crippen molar-refractivity contribution in [3.8, 4) is 0 Å². The first kappa shape index (κ1) is 25.8. The number of halogens is 13. The summed E-state index contributed by atoms with van der Waals surface area (Å²) in [5.41, 5.74) is -3.29. The van der Waals surface area contributed by atoms with Gasteiger partial charge in [-0.15, -0.1) is 0 Å². The quantitative estimate of drug-likeness (QED) is 0.287. The molecule has 0 aliphatic heterocycles. The van der Waals surface area contributed by atoms with Gasteiger partial charge in [0.25, 0.3) is 0 Å². The van der Waals surface area contributed by atoms with Gasteiger partial charge in [0.05, 0.1) is 0 Å². The van der Waals surface area contributed by atoms with Gasteiger partial charge in [-0.25, -0.2) is 0 Å². The van der Waals surface area contributed by atoms with Gasteiger partial charge < -0.3 is 5.01 Å². The van der Waals surface area contributed by atoms with Gasteiger partial charge in [-0.05, 0) is 0 Å². The Morgan fingerprint density at radius 1 is 0.633 bits per heavy atom. The number of benzene rings is 1. The SMILES string of the molecule is CN(C)/N=C(/c1ccccc1)C(F)(F)C(F)(F)C(F)(F)C(F)(F)C(F)(F)C(F)(F)F. The van der Waals surface area contributed by atoms with E-state index in [0.717, 1.165) is 32.3 Å². The Labute approximate surface area is 159 Å². The smallest absolute Gasteiger partial charge is 0.303 e. The molecule has 0 saturated carbocycles. The Kier molecular flexibility index (Phi) is 6.44. The van der Waals surface area contributed by atoms with Gasteiger partial charge in [-0.1, -0.05) is 30.3 Å². The van der Waals surface area contributed by atoms with Crippen LogP contribution >= 0.6 is 0 Å². The fraction of sp³-hybridized carbons (Fsp3) is 0.533. The van der Waals surface area contributed by atoms with E-state index >= 15 is 0 Å². The van der Waals surface area contributed by atoms with Crippen molar-refractivity contribution in [2.75, 3.05) is 14.1 Å². The summed E-state index contributed by atoms with van der Waals surface area (Å²) in [6, 6.07) is 4.25. The third-order valence-electron chi connectivity index (χ3n) is 3.58. The van der Waals surface area contributed by atoms with Gasteiger partial charge in [0.2, 0.25) is 0 Å². The molecule has 30 heavy (non-hydrogen) atoms. The molecule has 0 aliphatic carbocycles. The summed E-state index contributed by atoms with van der Waals surface area (Å²) in [5.74, 6) is -37.5. The summed E-state index contributed by atoms with van der Waals surface area (Å²) in [5, 5.41) is 3.19. The predicted molar refractivity (Wildman–Crippen MR) is 77.5 cm³/mol. The van der Waals surface area contributed by atoms with Crippen LogP contribution in [-0.2, 0) is 0 Å². The maximum Gasteiger partial charge on any atom is 0.460 e. The second-order valence-electron chi connectivity index (χ2n) is 6.03. The molecule has 1 aromatic rings. The molecule has 172 valence electrons. The largest absolute Gasteiger partial charge is 0.460 e. The van der Waals surface area contributed by atoms with E-state index in [-0.39, 0.29) is 0 Å². The molecule has 15 heteroatoms. The summed E-state index contributed by atoms with van der Waals surface area (Å²) < 4.78 is 173. The van der Waals surface area contributed by atoms with Crippen molar-refractivity contribution in [3.05, 3.63) is 35.9 Å².